The summed E-state index contributed by atoms with van der Waals surface area (Å²) < 4.78 is 5.66. The molecule has 0 aliphatic rings. The largest absolute Gasteiger partial charge is 0.491 e. The molecule has 3 rings (SSSR count). The van der Waals surface area contributed by atoms with Crippen LogP contribution in [0.15, 0.2) is 67.0 Å². The summed E-state index contributed by atoms with van der Waals surface area (Å²) in [5, 5.41) is 3.30. The van der Waals surface area contributed by atoms with Crippen molar-refractivity contribution in [3.63, 3.8) is 0 Å². The van der Waals surface area contributed by atoms with Gasteiger partial charge in [0.05, 0.1) is 6.10 Å². The number of anilines is 4. The third-order valence-corrected chi connectivity index (χ3v) is 3.64. The Morgan fingerprint density at radius 3 is 2.36 bits per heavy atom. The summed E-state index contributed by atoms with van der Waals surface area (Å²) in [5.41, 5.74) is 2.02. The number of hydrogen-bond donors (Lipinski definition) is 1. The van der Waals surface area contributed by atoms with Crippen molar-refractivity contribution in [3.8, 4) is 5.75 Å². The van der Waals surface area contributed by atoms with E-state index in [9.17, 15) is 0 Å². The molecule has 1 N–H and O–H groups in total. The molecular formula is C20H22N4O. The van der Waals surface area contributed by atoms with E-state index in [2.05, 4.69) is 15.3 Å². The molecule has 0 aliphatic heterocycles. The minimum atomic E-state index is 0.164. The van der Waals surface area contributed by atoms with Crippen LogP contribution in [-0.4, -0.2) is 23.1 Å². The van der Waals surface area contributed by atoms with Crippen molar-refractivity contribution in [1.29, 1.82) is 0 Å². The van der Waals surface area contributed by atoms with Crippen LogP contribution in [0.25, 0.3) is 0 Å². The topological polar surface area (TPSA) is 50.3 Å². The van der Waals surface area contributed by atoms with Gasteiger partial charge < -0.3 is 15.0 Å². The Labute approximate surface area is 148 Å². The maximum absolute atomic E-state index is 5.66. The first-order valence-corrected chi connectivity index (χ1v) is 8.26. The highest BCUT2D eigenvalue weighted by Crippen LogP contribution is 2.24. The van der Waals surface area contributed by atoms with Crippen LogP contribution in [0.4, 0.5) is 23.0 Å². The lowest BCUT2D eigenvalue weighted by Crippen LogP contribution is -2.11. The minimum absolute atomic E-state index is 0.164. The van der Waals surface area contributed by atoms with Crippen LogP contribution >= 0.6 is 0 Å². The Morgan fingerprint density at radius 2 is 1.68 bits per heavy atom. The minimum Gasteiger partial charge on any atom is -0.491 e. The smallest absolute Gasteiger partial charge is 0.138 e. The Hall–Kier alpha value is -3.08. The molecule has 0 saturated carbocycles. The van der Waals surface area contributed by atoms with Gasteiger partial charge in [-0.1, -0.05) is 18.2 Å². The van der Waals surface area contributed by atoms with Crippen molar-refractivity contribution in [2.24, 2.45) is 0 Å². The summed E-state index contributed by atoms with van der Waals surface area (Å²) in [6, 6.07) is 19.9. The molecule has 0 saturated heterocycles. The molecule has 5 nitrogen and oxygen atoms in total. The van der Waals surface area contributed by atoms with Crippen molar-refractivity contribution < 1.29 is 4.74 Å². The summed E-state index contributed by atoms with van der Waals surface area (Å²) in [6.07, 6.45) is 1.73. The van der Waals surface area contributed by atoms with E-state index in [1.807, 2.05) is 86.5 Å². The van der Waals surface area contributed by atoms with Crippen LogP contribution in [0.2, 0.25) is 0 Å². The molecule has 1 aromatic heterocycles. The van der Waals surface area contributed by atoms with E-state index in [0.29, 0.717) is 0 Å². The number of nitrogens with one attached hydrogen (secondary N) is 1. The number of aromatic nitrogens is 2. The molecular weight excluding hydrogens is 312 g/mol. The van der Waals surface area contributed by atoms with E-state index in [1.165, 1.54) is 0 Å². The van der Waals surface area contributed by atoms with E-state index in [4.69, 9.17) is 4.74 Å². The Balaban J connectivity index is 1.73. The average molecular weight is 334 g/mol. The van der Waals surface area contributed by atoms with Crippen LogP contribution in [0.5, 0.6) is 5.75 Å². The lowest BCUT2D eigenvalue weighted by atomic mass is 10.3. The number of ether oxygens (including phenoxy) is 1. The number of nitrogens with zero attached hydrogens (tertiary/aromatic N) is 3. The van der Waals surface area contributed by atoms with Gasteiger partial charge in [0.25, 0.3) is 0 Å². The number of benzene rings is 2. The van der Waals surface area contributed by atoms with Crippen LogP contribution in [0, 0.1) is 0 Å². The second kappa shape index (κ2) is 7.66. The second-order valence-corrected chi connectivity index (χ2v) is 5.97. The van der Waals surface area contributed by atoms with Crippen molar-refractivity contribution in [1.82, 2.24) is 9.97 Å². The highest BCUT2D eigenvalue weighted by Gasteiger charge is 2.07. The first-order chi connectivity index (χ1) is 12.1. The molecule has 2 aromatic carbocycles. The van der Waals surface area contributed by atoms with E-state index >= 15 is 0 Å². The molecule has 128 valence electrons. The van der Waals surface area contributed by atoms with Gasteiger partial charge in [-0.3, -0.25) is 0 Å². The third-order valence-electron chi connectivity index (χ3n) is 3.64. The van der Waals surface area contributed by atoms with Gasteiger partial charge in [-0.2, -0.15) is 0 Å². The fourth-order valence-electron chi connectivity index (χ4n) is 2.42. The molecule has 5 heteroatoms. The Kier molecular flexibility index (Phi) is 5.14. The highest BCUT2D eigenvalue weighted by atomic mass is 16.5. The zero-order valence-corrected chi connectivity index (χ0v) is 14.7. The SMILES string of the molecule is CC(C)Oc1ccc(Nc2cc(N(C)c3ccccc3)ncn2)cc1. The zero-order chi connectivity index (χ0) is 17.6. The van der Waals surface area contributed by atoms with Gasteiger partial charge >= 0.3 is 0 Å². The van der Waals surface area contributed by atoms with Gasteiger partial charge in [0.1, 0.15) is 23.7 Å². The summed E-state index contributed by atoms with van der Waals surface area (Å²) in [5.74, 6) is 2.42. The summed E-state index contributed by atoms with van der Waals surface area (Å²) in [7, 11) is 1.99. The van der Waals surface area contributed by atoms with E-state index in [0.717, 1.165) is 28.8 Å². The fourth-order valence-corrected chi connectivity index (χ4v) is 2.42. The molecule has 0 radical (unpaired) electrons. The van der Waals surface area contributed by atoms with Crippen molar-refractivity contribution in [2.75, 3.05) is 17.3 Å². The van der Waals surface area contributed by atoms with Gasteiger partial charge in [0.2, 0.25) is 0 Å². The third kappa shape index (κ3) is 4.47. The molecule has 0 bridgehead atoms. The zero-order valence-electron chi connectivity index (χ0n) is 14.7. The van der Waals surface area contributed by atoms with Crippen LogP contribution < -0.4 is 15.0 Å². The number of para-hydroxylation sites is 1. The fraction of sp³-hybridized carbons (Fsp3) is 0.200. The van der Waals surface area contributed by atoms with Gasteiger partial charge in [0.15, 0.2) is 0 Å². The Bertz CT molecular complexity index is 803. The predicted octanol–water partition coefficient (Wildman–Crippen LogP) is 4.78. The quantitative estimate of drug-likeness (QED) is 0.703. The summed E-state index contributed by atoms with van der Waals surface area (Å²) in [4.78, 5) is 10.7. The van der Waals surface area contributed by atoms with Gasteiger partial charge in [-0.15, -0.1) is 0 Å². The lowest BCUT2D eigenvalue weighted by molar-refractivity contribution is 0.242. The van der Waals surface area contributed by atoms with Crippen LogP contribution in [0.1, 0.15) is 13.8 Å². The second-order valence-electron chi connectivity index (χ2n) is 5.97. The first kappa shape index (κ1) is 16.8. The number of hydrogen-bond acceptors (Lipinski definition) is 5. The standard InChI is InChI=1S/C20H22N4O/c1-15(2)25-18-11-9-16(10-12-18)23-19-13-20(22-14-21-19)24(3)17-7-5-4-6-8-17/h4-15H,1-3H3,(H,21,22,23). The molecule has 3 aromatic rings. The van der Waals surface area contributed by atoms with E-state index in [1.54, 1.807) is 6.33 Å². The van der Waals surface area contributed by atoms with Crippen molar-refractivity contribution >= 4 is 23.0 Å². The van der Waals surface area contributed by atoms with Crippen LogP contribution in [0.3, 0.4) is 0 Å². The van der Waals surface area contributed by atoms with Gasteiger partial charge in [-0.05, 0) is 50.2 Å². The first-order valence-electron chi connectivity index (χ1n) is 8.26. The summed E-state index contributed by atoms with van der Waals surface area (Å²) >= 11 is 0. The molecule has 0 aliphatic carbocycles. The Morgan fingerprint density at radius 1 is 0.960 bits per heavy atom. The molecule has 1 heterocycles. The number of rotatable bonds is 6. The molecule has 0 atom stereocenters. The maximum Gasteiger partial charge on any atom is 0.138 e. The average Bonchev–Trinajstić information content (AvgIpc) is 2.63. The van der Waals surface area contributed by atoms with Crippen molar-refractivity contribution in [3.05, 3.63) is 67.0 Å². The molecule has 25 heavy (non-hydrogen) atoms. The summed E-state index contributed by atoms with van der Waals surface area (Å²) in [6.45, 7) is 4.02. The molecule has 0 unspecified atom stereocenters. The predicted molar refractivity (Wildman–Crippen MR) is 102 cm³/mol. The van der Waals surface area contributed by atoms with Gasteiger partial charge in [-0.25, -0.2) is 9.97 Å². The highest BCUT2D eigenvalue weighted by molar-refractivity contribution is 5.64. The van der Waals surface area contributed by atoms with Crippen LogP contribution in [-0.2, 0) is 0 Å². The van der Waals surface area contributed by atoms with Gasteiger partial charge in [0, 0.05) is 24.5 Å². The molecule has 0 spiro atoms. The molecule has 0 fully saturated rings. The normalized spacial score (nSPS) is 10.6. The van der Waals surface area contributed by atoms with E-state index < -0.39 is 0 Å². The van der Waals surface area contributed by atoms with E-state index in [-0.39, 0.29) is 6.10 Å². The maximum atomic E-state index is 5.66. The molecule has 0 amide bonds. The monoisotopic (exact) mass is 334 g/mol. The van der Waals surface area contributed by atoms with Crippen molar-refractivity contribution in [2.45, 2.75) is 20.0 Å². The lowest BCUT2D eigenvalue weighted by Gasteiger charge is -2.18.